The number of carbonyl (C=O) groups excluding carboxylic acids is 1. The summed E-state index contributed by atoms with van der Waals surface area (Å²) in [4.78, 5) is 18.4. The Morgan fingerprint density at radius 3 is 2.82 bits per heavy atom. The number of aromatic nitrogens is 1. The number of hydrogen-bond donors (Lipinski definition) is 2. The van der Waals surface area contributed by atoms with Gasteiger partial charge in [-0.3, -0.25) is 9.69 Å². The number of amides is 1. The van der Waals surface area contributed by atoms with Crippen LogP contribution in [0.1, 0.15) is 45.2 Å². The first kappa shape index (κ1) is 15.9. The highest BCUT2D eigenvalue weighted by atomic mass is 32.1. The molecule has 0 radical (unpaired) electrons. The third-order valence-electron chi connectivity index (χ3n) is 4.89. The summed E-state index contributed by atoms with van der Waals surface area (Å²) < 4.78 is 0. The Morgan fingerprint density at radius 2 is 2.18 bits per heavy atom. The van der Waals surface area contributed by atoms with Gasteiger partial charge in [0.2, 0.25) is 5.91 Å². The first-order valence-electron chi connectivity index (χ1n) is 8.19. The summed E-state index contributed by atoms with van der Waals surface area (Å²) in [6.45, 7) is 7.46. The molecule has 3 heterocycles. The van der Waals surface area contributed by atoms with Crippen LogP contribution in [0.2, 0.25) is 0 Å². The summed E-state index contributed by atoms with van der Waals surface area (Å²) in [6.07, 6.45) is 3.93. The molecular weight excluding hydrogens is 296 g/mol. The van der Waals surface area contributed by atoms with E-state index >= 15 is 0 Å². The molecule has 1 amide bonds. The van der Waals surface area contributed by atoms with Crippen molar-refractivity contribution in [2.45, 2.75) is 63.7 Å². The molecule has 2 N–H and O–H groups in total. The fraction of sp³-hybridized carbons (Fsp3) is 0.750. The standard InChI is InChI=1S/C16H26N4OS/c1-16(2)14(3-4-15(21)19-16)18-12-5-7-20(8-6-12)9-13-10-22-11-17-13/h10-12,14,18H,3-9H2,1-2H3,(H,19,21). The molecule has 3 rings (SSSR count). The van der Waals surface area contributed by atoms with Crippen LogP contribution in [-0.4, -0.2) is 46.5 Å². The van der Waals surface area contributed by atoms with Gasteiger partial charge in [0.05, 0.1) is 11.2 Å². The van der Waals surface area contributed by atoms with Crippen LogP contribution in [0, 0.1) is 0 Å². The van der Waals surface area contributed by atoms with Crippen molar-refractivity contribution in [3.05, 3.63) is 16.6 Å². The fourth-order valence-corrected chi connectivity index (χ4v) is 4.07. The third kappa shape index (κ3) is 3.86. The van der Waals surface area contributed by atoms with E-state index in [1.54, 1.807) is 11.3 Å². The van der Waals surface area contributed by atoms with E-state index in [-0.39, 0.29) is 11.4 Å². The molecule has 2 saturated heterocycles. The van der Waals surface area contributed by atoms with E-state index in [0.29, 0.717) is 18.5 Å². The monoisotopic (exact) mass is 322 g/mol. The summed E-state index contributed by atoms with van der Waals surface area (Å²) in [5, 5.41) is 9.04. The predicted octanol–water partition coefficient (Wildman–Crippen LogP) is 1.75. The zero-order valence-electron chi connectivity index (χ0n) is 13.5. The second-order valence-corrected chi connectivity index (χ2v) is 7.78. The lowest BCUT2D eigenvalue weighted by Gasteiger charge is -2.43. The first-order chi connectivity index (χ1) is 10.5. The number of likely N-dealkylation sites (tertiary alicyclic amines) is 1. The maximum atomic E-state index is 11.6. The van der Waals surface area contributed by atoms with Crippen molar-refractivity contribution in [2.24, 2.45) is 0 Å². The van der Waals surface area contributed by atoms with Crippen molar-refractivity contribution >= 4 is 17.2 Å². The van der Waals surface area contributed by atoms with Gasteiger partial charge in [0.15, 0.2) is 0 Å². The minimum Gasteiger partial charge on any atom is -0.350 e. The van der Waals surface area contributed by atoms with Crippen molar-refractivity contribution in [1.82, 2.24) is 20.5 Å². The van der Waals surface area contributed by atoms with Crippen LogP contribution in [0.25, 0.3) is 0 Å². The quantitative estimate of drug-likeness (QED) is 0.887. The van der Waals surface area contributed by atoms with Gasteiger partial charge in [-0.15, -0.1) is 11.3 Å². The SMILES string of the molecule is CC1(C)NC(=O)CCC1NC1CCN(Cc2cscn2)CC1. The van der Waals surface area contributed by atoms with Gasteiger partial charge in [0.1, 0.15) is 0 Å². The van der Waals surface area contributed by atoms with Gasteiger partial charge in [-0.05, 0) is 33.1 Å². The summed E-state index contributed by atoms with van der Waals surface area (Å²) >= 11 is 1.67. The second kappa shape index (κ2) is 6.64. The van der Waals surface area contributed by atoms with E-state index in [1.165, 1.54) is 18.5 Å². The Labute approximate surface area is 136 Å². The zero-order valence-corrected chi connectivity index (χ0v) is 14.3. The van der Waals surface area contributed by atoms with Crippen LogP contribution in [0.15, 0.2) is 10.9 Å². The molecule has 0 aromatic carbocycles. The molecule has 2 fully saturated rings. The summed E-state index contributed by atoms with van der Waals surface area (Å²) in [6, 6.07) is 0.936. The van der Waals surface area contributed by atoms with E-state index < -0.39 is 0 Å². The van der Waals surface area contributed by atoms with Crippen molar-refractivity contribution < 1.29 is 4.79 Å². The molecule has 2 aliphatic rings. The normalized spacial score (nSPS) is 26.8. The van der Waals surface area contributed by atoms with E-state index in [0.717, 1.165) is 26.1 Å². The lowest BCUT2D eigenvalue weighted by atomic mass is 9.85. The van der Waals surface area contributed by atoms with E-state index in [4.69, 9.17) is 0 Å². The number of rotatable bonds is 4. The largest absolute Gasteiger partial charge is 0.350 e. The van der Waals surface area contributed by atoms with Crippen molar-refractivity contribution in [2.75, 3.05) is 13.1 Å². The van der Waals surface area contributed by atoms with Crippen LogP contribution >= 0.6 is 11.3 Å². The van der Waals surface area contributed by atoms with Crippen molar-refractivity contribution in [1.29, 1.82) is 0 Å². The van der Waals surface area contributed by atoms with Crippen LogP contribution in [0.4, 0.5) is 0 Å². The van der Waals surface area contributed by atoms with Crippen LogP contribution < -0.4 is 10.6 Å². The highest BCUT2D eigenvalue weighted by Gasteiger charge is 2.36. The van der Waals surface area contributed by atoms with Crippen LogP contribution in [0.5, 0.6) is 0 Å². The van der Waals surface area contributed by atoms with Crippen molar-refractivity contribution in [3.63, 3.8) is 0 Å². The van der Waals surface area contributed by atoms with E-state index in [1.807, 2.05) is 5.51 Å². The minimum absolute atomic E-state index is 0.146. The van der Waals surface area contributed by atoms with Crippen LogP contribution in [0.3, 0.4) is 0 Å². The average Bonchev–Trinajstić information content (AvgIpc) is 2.96. The van der Waals surface area contributed by atoms with E-state index in [2.05, 4.69) is 39.7 Å². The first-order valence-corrected chi connectivity index (χ1v) is 9.14. The number of piperidine rings is 2. The lowest BCUT2D eigenvalue weighted by molar-refractivity contribution is -0.125. The maximum Gasteiger partial charge on any atom is 0.220 e. The van der Waals surface area contributed by atoms with Gasteiger partial charge in [-0.1, -0.05) is 0 Å². The van der Waals surface area contributed by atoms with Gasteiger partial charge in [-0.2, -0.15) is 0 Å². The predicted molar refractivity (Wildman–Crippen MR) is 88.8 cm³/mol. The Balaban J connectivity index is 1.46. The third-order valence-corrected chi connectivity index (χ3v) is 5.52. The molecule has 1 aromatic heterocycles. The molecule has 0 aliphatic carbocycles. The maximum absolute atomic E-state index is 11.6. The van der Waals surface area contributed by atoms with Gasteiger partial charge in [-0.25, -0.2) is 4.98 Å². The smallest absolute Gasteiger partial charge is 0.220 e. The molecule has 1 aromatic rings. The second-order valence-electron chi connectivity index (χ2n) is 7.06. The molecule has 0 bridgehead atoms. The average molecular weight is 322 g/mol. The molecule has 1 unspecified atom stereocenters. The highest BCUT2D eigenvalue weighted by Crippen LogP contribution is 2.22. The molecular formula is C16H26N4OS. The van der Waals surface area contributed by atoms with Crippen LogP contribution in [-0.2, 0) is 11.3 Å². The van der Waals surface area contributed by atoms with E-state index in [9.17, 15) is 4.79 Å². The molecule has 5 nitrogen and oxygen atoms in total. The summed E-state index contributed by atoms with van der Waals surface area (Å²) in [5.41, 5.74) is 2.95. The Kier molecular flexibility index (Phi) is 4.80. The molecule has 122 valence electrons. The Hall–Kier alpha value is -0.980. The lowest BCUT2D eigenvalue weighted by Crippen LogP contribution is -2.63. The van der Waals surface area contributed by atoms with Crippen molar-refractivity contribution in [3.8, 4) is 0 Å². The molecule has 2 aliphatic heterocycles. The number of thiazole rings is 1. The number of nitrogens with one attached hydrogen (secondary N) is 2. The number of nitrogens with zero attached hydrogens (tertiary/aromatic N) is 2. The highest BCUT2D eigenvalue weighted by molar-refractivity contribution is 7.07. The van der Waals surface area contributed by atoms with Gasteiger partial charge < -0.3 is 10.6 Å². The Morgan fingerprint density at radius 1 is 1.41 bits per heavy atom. The fourth-order valence-electron chi connectivity index (χ4n) is 3.52. The number of carbonyl (C=O) groups is 1. The summed E-state index contributed by atoms with van der Waals surface area (Å²) in [7, 11) is 0. The van der Waals surface area contributed by atoms with Gasteiger partial charge in [0, 0.05) is 49.1 Å². The number of hydrogen-bond acceptors (Lipinski definition) is 5. The molecule has 1 atom stereocenters. The molecule has 6 heteroatoms. The van der Waals surface area contributed by atoms with Gasteiger partial charge in [0.25, 0.3) is 0 Å². The minimum atomic E-state index is -0.146. The molecule has 0 saturated carbocycles. The molecule has 22 heavy (non-hydrogen) atoms. The topological polar surface area (TPSA) is 57.3 Å². The molecule has 0 spiro atoms. The Bertz CT molecular complexity index is 494. The summed E-state index contributed by atoms with van der Waals surface area (Å²) in [5.74, 6) is 0.182. The van der Waals surface area contributed by atoms with Gasteiger partial charge >= 0.3 is 0 Å². The zero-order chi connectivity index (χ0) is 15.6.